The Kier molecular flexibility index (Phi) is 3.20. The fourth-order valence-electron chi connectivity index (χ4n) is 3.60. The normalized spacial score (nSPS) is 25.6. The number of piperidine rings is 2. The molecule has 3 rings (SSSR count). The molecule has 2 saturated heterocycles. The minimum Gasteiger partial charge on any atom is -0.365 e. The van der Waals surface area contributed by atoms with E-state index in [2.05, 4.69) is 4.90 Å². The smallest absolute Gasteiger partial charge is 0.272 e. The van der Waals surface area contributed by atoms with Gasteiger partial charge in [0.2, 0.25) is 0 Å². The molecule has 0 saturated carbocycles. The highest BCUT2D eigenvalue weighted by Crippen LogP contribution is 2.37. The first kappa shape index (κ1) is 13.1. The van der Waals surface area contributed by atoms with Crippen LogP contribution < -0.4 is 4.90 Å². The molecule has 106 valence electrons. The SMILES string of the molecule is Cc1cc(N2C3CCCC2CC(=O)C3)ccc1[N+](=O)[O-]. The van der Waals surface area contributed by atoms with Gasteiger partial charge in [0.05, 0.1) is 4.92 Å². The van der Waals surface area contributed by atoms with E-state index in [0.29, 0.717) is 24.2 Å². The summed E-state index contributed by atoms with van der Waals surface area (Å²) in [6, 6.07) is 5.84. The van der Waals surface area contributed by atoms with Crippen molar-refractivity contribution in [2.75, 3.05) is 4.90 Å². The number of nitro groups is 1. The Morgan fingerprint density at radius 2 is 1.90 bits per heavy atom. The zero-order valence-corrected chi connectivity index (χ0v) is 11.5. The van der Waals surface area contributed by atoms with Crippen molar-refractivity contribution >= 4 is 17.2 Å². The van der Waals surface area contributed by atoms with Crippen LogP contribution >= 0.6 is 0 Å². The third kappa shape index (κ3) is 2.17. The fraction of sp³-hybridized carbons (Fsp3) is 0.533. The quantitative estimate of drug-likeness (QED) is 0.614. The Morgan fingerprint density at radius 3 is 2.45 bits per heavy atom. The van der Waals surface area contributed by atoms with Crippen LogP contribution in [-0.2, 0) is 4.79 Å². The molecule has 2 atom stereocenters. The lowest BCUT2D eigenvalue weighted by molar-refractivity contribution is -0.385. The summed E-state index contributed by atoms with van der Waals surface area (Å²) in [6.07, 6.45) is 4.49. The lowest BCUT2D eigenvalue weighted by atomic mass is 9.83. The molecular weight excluding hydrogens is 256 g/mol. The number of nitrogens with zero attached hydrogens (tertiary/aromatic N) is 2. The summed E-state index contributed by atoms with van der Waals surface area (Å²) >= 11 is 0. The van der Waals surface area contributed by atoms with Crippen molar-refractivity contribution in [3.63, 3.8) is 0 Å². The van der Waals surface area contributed by atoms with Crippen molar-refractivity contribution < 1.29 is 9.72 Å². The van der Waals surface area contributed by atoms with Crippen LogP contribution in [-0.4, -0.2) is 22.8 Å². The molecule has 20 heavy (non-hydrogen) atoms. The molecule has 2 unspecified atom stereocenters. The third-order valence-corrected chi connectivity index (χ3v) is 4.46. The zero-order chi connectivity index (χ0) is 14.3. The topological polar surface area (TPSA) is 63.5 Å². The van der Waals surface area contributed by atoms with Crippen molar-refractivity contribution in [2.24, 2.45) is 0 Å². The van der Waals surface area contributed by atoms with Crippen LogP contribution in [0.25, 0.3) is 0 Å². The second-order valence-corrected chi connectivity index (χ2v) is 5.82. The van der Waals surface area contributed by atoms with Crippen molar-refractivity contribution in [3.8, 4) is 0 Å². The molecule has 5 nitrogen and oxygen atoms in total. The Labute approximate surface area is 117 Å². The Balaban J connectivity index is 1.94. The second kappa shape index (κ2) is 4.89. The Morgan fingerprint density at radius 1 is 1.25 bits per heavy atom. The number of rotatable bonds is 2. The number of hydrogen-bond acceptors (Lipinski definition) is 4. The summed E-state index contributed by atoms with van der Waals surface area (Å²) in [4.78, 5) is 24.6. The van der Waals surface area contributed by atoms with Gasteiger partial charge in [-0.3, -0.25) is 14.9 Å². The molecule has 2 aliphatic rings. The monoisotopic (exact) mass is 274 g/mol. The molecular formula is C15H18N2O3. The van der Waals surface area contributed by atoms with Crippen LogP contribution in [0.15, 0.2) is 18.2 Å². The van der Waals surface area contributed by atoms with E-state index in [0.717, 1.165) is 18.5 Å². The molecule has 2 fully saturated rings. The second-order valence-electron chi connectivity index (χ2n) is 5.82. The fourth-order valence-corrected chi connectivity index (χ4v) is 3.60. The summed E-state index contributed by atoms with van der Waals surface area (Å²) in [7, 11) is 0. The van der Waals surface area contributed by atoms with E-state index in [-0.39, 0.29) is 22.7 Å². The van der Waals surface area contributed by atoms with E-state index in [1.54, 1.807) is 13.0 Å². The van der Waals surface area contributed by atoms with Gasteiger partial charge in [-0.15, -0.1) is 0 Å². The minimum atomic E-state index is -0.348. The van der Waals surface area contributed by atoms with Gasteiger partial charge in [-0.2, -0.15) is 0 Å². The largest absolute Gasteiger partial charge is 0.365 e. The average Bonchev–Trinajstić information content (AvgIpc) is 2.36. The number of fused-ring (bicyclic) bond motifs is 2. The number of carbonyl (C=O) groups is 1. The third-order valence-electron chi connectivity index (χ3n) is 4.46. The lowest BCUT2D eigenvalue weighted by Gasteiger charge is -2.47. The highest BCUT2D eigenvalue weighted by molar-refractivity contribution is 5.82. The van der Waals surface area contributed by atoms with E-state index >= 15 is 0 Å². The molecule has 0 spiro atoms. The molecule has 2 heterocycles. The van der Waals surface area contributed by atoms with Crippen LogP contribution in [0.3, 0.4) is 0 Å². The van der Waals surface area contributed by atoms with Crippen molar-refractivity contribution in [3.05, 3.63) is 33.9 Å². The standard InChI is InChI=1S/C15H18N2O3/c1-10-7-13(5-6-15(10)17(19)20)16-11-3-2-4-12(16)9-14(18)8-11/h5-7,11-12H,2-4,8-9H2,1H3. The van der Waals surface area contributed by atoms with Crippen LogP contribution in [0.4, 0.5) is 11.4 Å². The number of hydrogen-bond donors (Lipinski definition) is 0. The van der Waals surface area contributed by atoms with Gasteiger partial charge in [0.15, 0.2) is 0 Å². The van der Waals surface area contributed by atoms with E-state index in [1.807, 2.05) is 12.1 Å². The van der Waals surface area contributed by atoms with Crippen molar-refractivity contribution in [1.82, 2.24) is 0 Å². The predicted octanol–water partition coefficient (Wildman–Crippen LogP) is 2.99. The van der Waals surface area contributed by atoms with Crippen molar-refractivity contribution in [2.45, 2.75) is 51.1 Å². The highest BCUT2D eigenvalue weighted by Gasteiger charge is 2.37. The molecule has 0 aliphatic carbocycles. The molecule has 2 aliphatic heterocycles. The minimum absolute atomic E-state index is 0.159. The van der Waals surface area contributed by atoms with Crippen LogP contribution in [0.1, 0.15) is 37.7 Å². The van der Waals surface area contributed by atoms with Gasteiger partial charge in [0.25, 0.3) is 5.69 Å². The maximum Gasteiger partial charge on any atom is 0.272 e. The van der Waals surface area contributed by atoms with Crippen molar-refractivity contribution in [1.29, 1.82) is 0 Å². The number of aryl methyl sites for hydroxylation is 1. The summed E-state index contributed by atoms with van der Waals surface area (Å²) in [6.45, 7) is 1.77. The van der Waals surface area contributed by atoms with E-state index in [9.17, 15) is 14.9 Å². The number of Topliss-reactive ketones (excluding diaryl/α,β-unsaturated/α-hetero) is 1. The van der Waals surface area contributed by atoms with E-state index in [4.69, 9.17) is 0 Å². The number of nitro benzene ring substituents is 1. The summed E-state index contributed by atoms with van der Waals surface area (Å²) in [5.74, 6) is 0.356. The van der Waals surface area contributed by atoms with E-state index < -0.39 is 0 Å². The summed E-state index contributed by atoms with van der Waals surface area (Å²) in [5.41, 5.74) is 1.87. The number of benzene rings is 1. The number of carbonyl (C=O) groups excluding carboxylic acids is 1. The van der Waals surface area contributed by atoms with Gasteiger partial charge in [0, 0.05) is 42.2 Å². The van der Waals surface area contributed by atoms with Crippen LogP contribution in [0, 0.1) is 17.0 Å². The van der Waals surface area contributed by atoms with Crippen LogP contribution in [0.5, 0.6) is 0 Å². The number of ketones is 1. The van der Waals surface area contributed by atoms with Gasteiger partial charge < -0.3 is 4.90 Å². The zero-order valence-electron chi connectivity index (χ0n) is 11.5. The maximum atomic E-state index is 11.7. The molecule has 1 aromatic carbocycles. The van der Waals surface area contributed by atoms with Crippen LogP contribution in [0.2, 0.25) is 0 Å². The first-order valence-electron chi connectivity index (χ1n) is 7.11. The maximum absolute atomic E-state index is 11.7. The van der Waals surface area contributed by atoms with Gasteiger partial charge in [-0.1, -0.05) is 0 Å². The molecule has 0 amide bonds. The first-order chi connectivity index (χ1) is 9.56. The average molecular weight is 274 g/mol. The Hall–Kier alpha value is -1.91. The first-order valence-corrected chi connectivity index (χ1v) is 7.11. The van der Waals surface area contributed by atoms with E-state index in [1.165, 1.54) is 6.42 Å². The van der Waals surface area contributed by atoms with Gasteiger partial charge >= 0.3 is 0 Å². The highest BCUT2D eigenvalue weighted by atomic mass is 16.6. The molecule has 0 radical (unpaired) electrons. The molecule has 0 N–H and O–H groups in total. The molecule has 2 bridgehead atoms. The number of anilines is 1. The molecule has 1 aromatic rings. The molecule has 5 heteroatoms. The Bertz CT molecular complexity index is 554. The lowest BCUT2D eigenvalue weighted by Crippen LogP contribution is -2.52. The van der Waals surface area contributed by atoms with Gasteiger partial charge in [-0.05, 0) is 38.3 Å². The molecule has 0 aromatic heterocycles. The summed E-state index contributed by atoms with van der Waals surface area (Å²) < 4.78 is 0. The van der Waals surface area contributed by atoms with Gasteiger partial charge in [-0.25, -0.2) is 0 Å². The summed E-state index contributed by atoms with van der Waals surface area (Å²) in [5, 5.41) is 10.9. The van der Waals surface area contributed by atoms with Gasteiger partial charge in [0.1, 0.15) is 5.78 Å². The predicted molar refractivity (Wildman–Crippen MR) is 76.0 cm³/mol.